The molecule has 2 heterocycles. The van der Waals surface area contributed by atoms with Crippen LogP contribution < -0.4 is 9.47 Å². The number of benzene rings is 2. The fourth-order valence-electron chi connectivity index (χ4n) is 6.07. The summed E-state index contributed by atoms with van der Waals surface area (Å²) in [7, 11) is 0. The van der Waals surface area contributed by atoms with Crippen LogP contribution in [0.25, 0.3) is 0 Å². The molecule has 7 nitrogen and oxygen atoms in total. The lowest BCUT2D eigenvalue weighted by atomic mass is 9.75. The number of likely N-dealkylation sites (tertiary alicyclic amines) is 1. The Balaban J connectivity index is 1.44. The van der Waals surface area contributed by atoms with Gasteiger partial charge in [-0.3, -0.25) is 4.90 Å². The fourth-order valence-corrected chi connectivity index (χ4v) is 6.07. The van der Waals surface area contributed by atoms with E-state index in [1.54, 1.807) is 0 Å². The van der Waals surface area contributed by atoms with Crippen LogP contribution in [0.15, 0.2) is 42.5 Å². The highest BCUT2D eigenvalue weighted by Gasteiger charge is 2.39. The highest BCUT2D eigenvalue weighted by molar-refractivity contribution is 5.72. The number of carbonyl (C=O) groups is 1. The van der Waals surface area contributed by atoms with Crippen molar-refractivity contribution in [2.75, 3.05) is 13.1 Å². The lowest BCUT2D eigenvalue weighted by Crippen LogP contribution is -2.49. The predicted octanol–water partition coefficient (Wildman–Crippen LogP) is 4.18. The molecule has 2 N–H and O–H groups in total. The summed E-state index contributed by atoms with van der Waals surface area (Å²) >= 11 is 0. The number of piperidine rings is 1. The number of fused-ring (bicyclic) bond motifs is 2. The molecule has 194 valence electrons. The molecule has 3 aliphatic rings. The average molecular weight is 496 g/mol. The largest absolute Gasteiger partial charge is 0.485 e. The fraction of sp³-hybridized carbons (Fsp3) is 0.552. The number of ether oxygens (including phenoxy) is 3. The molecule has 2 fully saturated rings. The van der Waals surface area contributed by atoms with Crippen LogP contribution in [0, 0.1) is 5.92 Å². The first-order valence-corrected chi connectivity index (χ1v) is 13.3. The van der Waals surface area contributed by atoms with Crippen molar-refractivity contribution in [1.82, 2.24) is 4.90 Å². The third-order valence-corrected chi connectivity index (χ3v) is 7.79. The number of nitrogens with zero attached hydrogens (tertiary/aromatic N) is 1. The Morgan fingerprint density at radius 1 is 1.14 bits per heavy atom. The van der Waals surface area contributed by atoms with Crippen LogP contribution in [0.1, 0.15) is 55.7 Å². The second-order valence-electron chi connectivity index (χ2n) is 10.4. The molecule has 0 amide bonds. The molecule has 1 aliphatic carbocycles. The van der Waals surface area contributed by atoms with Gasteiger partial charge in [-0.25, -0.2) is 4.79 Å². The van der Waals surface area contributed by atoms with E-state index in [9.17, 15) is 15.0 Å². The number of rotatable bonds is 8. The molecule has 0 unspecified atom stereocenters. The molecule has 0 bridgehead atoms. The number of hydrogen-bond donors (Lipinski definition) is 2. The Labute approximate surface area is 213 Å². The summed E-state index contributed by atoms with van der Waals surface area (Å²) in [5.74, 6) is 0.735. The van der Waals surface area contributed by atoms with Gasteiger partial charge in [0.25, 0.3) is 0 Å². The van der Waals surface area contributed by atoms with Crippen LogP contribution in [-0.4, -0.2) is 58.7 Å². The summed E-state index contributed by atoms with van der Waals surface area (Å²) in [6, 6.07) is 14.7. The van der Waals surface area contributed by atoms with E-state index in [0.29, 0.717) is 30.1 Å². The Bertz CT molecular complexity index is 1040. The maximum Gasteiger partial charge on any atom is 0.333 e. The molecule has 5 rings (SSSR count). The molecule has 0 radical (unpaired) electrons. The van der Waals surface area contributed by atoms with Crippen LogP contribution in [0.4, 0.5) is 0 Å². The highest BCUT2D eigenvalue weighted by atomic mass is 16.7. The third kappa shape index (κ3) is 5.53. The Hall–Kier alpha value is -2.61. The molecule has 2 aromatic carbocycles. The third-order valence-electron chi connectivity index (χ3n) is 7.79. The van der Waals surface area contributed by atoms with Gasteiger partial charge in [-0.1, -0.05) is 43.3 Å². The van der Waals surface area contributed by atoms with Gasteiger partial charge in [0, 0.05) is 24.4 Å². The van der Waals surface area contributed by atoms with Gasteiger partial charge in [0.05, 0.1) is 6.10 Å². The minimum Gasteiger partial charge on any atom is -0.485 e. The maximum absolute atomic E-state index is 11.6. The minimum absolute atomic E-state index is 0.0659. The zero-order valence-electron chi connectivity index (χ0n) is 21.0. The molecule has 2 saturated heterocycles. The molecular weight excluding hydrogens is 458 g/mol. The number of carboxylic acids is 1. The van der Waals surface area contributed by atoms with Crippen molar-refractivity contribution in [3.05, 3.63) is 59.2 Å². The van der Waals surface area contributed by atoms with Gasteiger partial charge in [0.2, 0.25) is 6.29 Å². The quantitative estimate of drug-likeness (QED) is 0.568. The van der Waals surface area contributed by atoms with Crippen LogP contribution in [0.3, 0.4) is 0 Å². The van der Waals surface area contributed by atoms with E-state index in [4.69, 9.17) is 14.2 Å². The second kappa shape index (κ2) is 11.2. The van der Waals surface area contributed by atoms with E-state index in [1.807, 2.05) is 36.4 Å². The topological polar surface area (TPSA) is 88.5 Å². The molecule has 7 heteroatoms. The monoisotopic (exact) mass is 495 g/mol. The van der Waals surface area contributed by atoms with Crippen molar-refractivity contribution in [2.45, 2.75) is 83.0 Å². The number of aliphatic hydroxyl groups is 1. The number of carboxylic acid groups (broad SMARTS) is 1. The first-order valence-electron chi connectivity index (χ1n) is 13.3. The van der Waals surface area contributed by atoms with Crippen LogP contribution in [0.5, 0.6) is 11.5 Å². The van der Waals surface area contributed by atoms with Gasteiger partial charge in [-0.2, -0.15) is 0 Å². The normalized spacial score (nSPS) is 28.1. The standard InChI is InChI=1S/C29H37NO6/c1-2-12-30-13-6-9-21-14-23-20(15-24(21)30)10-11-25(34-18-19-7-4-3-5-8-19)28(23)36-27-17-22(31)16-26(35-27)29(32)33/h3-5,7-8,10-11,21-22,24,26-27,31H,2,6,9,12-18H2,1H3,(H,32,33)/t21-,22+,24-,26+,27+/m1/s1. The van der Waals surface area contributed by atoms with Gasteiger partial charge < -0.3 is 24.4 Å². The van der Waals surface area contributed by atoms with E-state index < -0.39 is 24.5 Å². The van der Waals surface area contributed by atoms with E-state index in [0.717, 1.165) is 43.5 Å². The summed E-state index contributed by atoms with van der Waals surface area (Å²) in [5.41, 5.74) is 3.45. The van der Waals surface area contributed by atoms with Crippen molar-refractivity contribution >= 4 is 5.97 Å². The van der Waals surface area contributed by atoms with Crippen molar-refractivity contribution in [1.29, 1.82) is 0 Å². The average Bonchev–Trinajstić information content (AvgIpc) is 2.88. The minimum atomic E-state index is -1.09. The number of aliphatic carboxylic acids is 1. The number of aliphatic hydroxyl groups excluding tert-OH is 1. The molecule has 5 atom stereocenters. The first kappa shape index (κ1) is 25.1. The van der Waals surface area contributed by atoms with Crippen LogP contribution in [0.2, 0.25) is 0 Å². The molecule has 2 aromatic rings. The molecule has 0 aromatic heterocycles. The van der Waals surface area contributed by atoms with E-state index in [-0.39, 0.29) is 12.8 Å². The zero-order valence-corrected chi connectivity index (χ0v) is 21.0. The molecule has 0 saturated carbocycles. The molecular formula is C29H37NO6. The second-order valence-corrected chi connectivity index (χ2v) is 10.4. The Morgan fingerprint density at radius 2 is 1.97 bits per heavy atom. The van der Waals surface area contributed by atoms with Crippen molar-refractivity contribution in [3.8, 4) is 11.5 Å². The van der Waals surface area contributed by atoms with Crippen LogP contribution in [-0.2, 0) is 29.0 Å². The first-order chi connectivity index (χ1) is 17.5. The van der Waals surface area contributed by atoms with Crippen molar-refractivity contribution in [2.24, 2.45) is 5.92 Å². The maximum atomic E-state index is 11.6. The summed E-state index contributed by atoms with van der Waals surface area (Å²) in [4.78, 5) is 14.2. The highest BCUT2D eigenvalue weighted by Crippen LogP contribution is 2.44. The van der Waals surface area contributed by atoms with Crippen molar-refractivity contribution < 1.29 is 29.2 Å². The van der Waals surface area contributed by atoms with Gasteiger partial charge in [-0.15, -0.1) is 0 Å². The van der Waals surface area contributed by atoms with Gasteiger partial charge in [-0.05, 0) is 68.3 Å². The molecule has 36 heavy (non-hydrogen) atoms. The lowest BCUT2D eigenvalue weighted by Gasteiger charge is -2.45. The van der Waals surface area contributed by atoms with E-state index in [2.05, 4.69) is 17.9 Å². The summed E-state index contributed by atoms with van der Waals surface area (Å²) in [5, 5.41) is 19.8. The zero-order chi connectivity index (χ0) is 25.1. The molecule has 0 spiro atoms. The van der Waals surface area contributed by atoms with E-state index in [1.165, 1.54) is 18.4 Å². The Kier molecular flexibility index (Phi) is 7.79. The summed E-state index contributed by atoms with van der Waals surface area (Å²) < 4.78 is 18.4. The van der Waals surface area contributed by atoms with Gasteiger partial charge in [0.1, 0.15) is 6.61 Å². The molecule has 2 aliphatic heterocycles. The predicted molar refractivity (Wildman–Crippen MR) is 135 cm³/mol. The van der Waals surface area contributed by atoms with E-state index >= 15 is 0 Å². The SMILES string of the molecule is CCCN1CCC[C@@H]2Cc3c(ccc(OCc4ccccc4)c3O[C@H]3C[C@@H](O)C[C@@H](C(=O)O)O3)C[C@H]21. The smallest absolute Gasteiger partial charge is 0.333 e. The van der Waals surface area contributed by atoms with Crippen molar-refractivity contribution in [3.63, 3.8) is 0 Å². The summed E-state index contributed by atoms with van der Waals surface area (Å²) in [6.45, 7) is 4.93. The Morgan fingerprint density at radius 3 is 2.75 bits per heavy atom. The van der Waals surface area contributed by atoms with Gasteiger partial charge >= 0.3 is 5.97 Å². The van der Waals surface area contributed by atoms with Gasteiger partial charge in [0.15, 0.2) is 17.6 Å². The number of hydrogen-bond acceptors (Lipinski definition) is 6. The van der Waals surface area contributed by atoms with Crippen LogP contribution >= 0.6 is 0 Å². The summed E-state index contributed by atoms with van der Waals surface area (Å²) in [6.07, 6.45) is 2.99. The lowest BCUT2D eigenvalue weighted by molar-refractivity contribution is -0.195.